The van der Waals surface area contributed by atoms with Crippen LogP contribution in [0.5, 0.6) is 5.75 Å². The second-order valence-electron chi connectivity index (χ2n) is 6.91. The lowest BCUT2D eigenvalue weighted by Gasteiger charge is -2.36. The van der Waals surface area contributed by atoms with Crippen molar-refractivity contribution in [1.29, 1.82) is 0 Å². The molecular weight excluding hydrogens is 390 g/mol. The average molecular weight is 416 g/mol. The van der Waals surface area contributed by atoms with Gasteiger partial charge < -0.3 is 19.9 Å². The van der Waals surface area contributed by atoms with Crippen LogP contribution in [0.4, 0.5) is 11.4 Å². The van der Waals surface area contributed by atoms with Gasteiger partial charge in [0.2, 0.25) is 11.8 Å². The summed E-state index contributed by atoms with van der Waals surface area (Å²) in [6.45, 7) is 6.94. The van der Waals surface area contributed by atoms with E-state index in [1.165, 1.54) is 0 Å². The van der Waals surface area contributed by atoms with Gasteiger partial charge in [0.15, 0.2) is 0 Å². The zero-order valence-electron chi connectivity index (χ0n) is 16.8. The van der Waals surface area contributed by atoms with E-state index in [4.69, 9.17) is 16.3 Å². The zero-order chi connectivity index (χ0) is 20.8. The van der Waals surface area contributed by atoms with E-state index >= 15 is 0 Å². The zero-order valence-corrected chi connectivity index (χ0v) is 17.5. The summed E-state index contributed by atoms with van der Waals surface area (Å²) in [4.78, 5) is 28.8. The Bertz CT molecular complexity index is 879. The van der Waals surface area contributed by atoms with E-state index in [1.54, 1.807) is 23.1 Å². The summed E-state index contributed by atoms with van der Waals surface area (Å²) in [5.74, 6) is 0.357. The van der Waals surface area contributed by atoms with Crippen molar-refractivity contribution in [3.05, 3.63) is 53.1 Å². The number of ether oxygens (including phenoxy) is 1. The summed E-state index contributed by atoms with van der Waals surface area (Å²) in [5.41, 5.74) is 2.46. The maximum absolute atomic E-state index is 12.6. The first-order valence-corrected chi connectivity index (χ1v) is 10.2. The van der Waals surface area contributed by atoms with Gasteiger partial charge in [0.05, 0.1) is 12.3 Å². The molecule has 0 spiro atoms. The number of carbonyl (C=O) groups is 2. The van der Waals surface area contributed by atoms with Crippen molar-refractivity contribution < 1.29 is 14.3 Å². The fraction of sp³-hybridized carbons (Fsp3) is 0.364. The smallest absolute Gasteiger partial charge is 0.233 e. The van der Waals surface area contributed by atoms with Crippen molar-refractivity contribution in [3.63, 3.8) is 0 Å². The molecule has 0 bridgehead atoms. The predicted octanol–water partition coefficient (Wildman–Crippen LogP) is 3.72. The third-order valence-corrected chi connectivity index (χ3v) is 5.40. The monoisotopic (exact) mass is 415 g/mol. The van der Waals surface area contributed by atoms with Crippen LogP contribution in [0.25, 0.3) is 0 Å². The second-order valence-corrected chi connectivity index (χ2v) is 7.31. The summed E-state index contributed by atoms with van der Waals surface area (Å²) in [7, 11) is 0. The molecule has 29 heavy (non-hydrogen) atoms. The van der Waals surface area contributed by atoms with Crippen LogP contribution in [0.1, 0.15) is 18.9 Å². The summed E-state index contributed by atoms with van der Waals surface area (Å²) in [6.07, 6.45) is -0.179. The fourth-order valence-electron chi connectivity index (χ4n) is 3.38. The molecule has 2 amide bonds. The molecule has 1 fully saturated rings. The van der Waals surface area contributed by atoms with Crippen LogP contribution in [0.3, 0.4) is 0 Å². The number of halogens is 1. The minimum atomic E-state index is -0.329. The molecule has 2 aromatic rings. The molecule has 1 N–H and O–H groups in total. The highest BCUT2D eigenvalue weighted by Crippen LogP contribution is 2.29. The molecule has 0 unspecified atom stereocenters. The van der Waals surface area contributed by atoms with Gasteiger partial charge in [0.1, 0.15) is 12.2 Å². The molecule has 0 saturated carbocycles. The van der Waals surface area contributed by atoms with Crippen molar-refractivity contribution in [2.45, 2.75) is 20.3 Å². The van der Waals surface area contributed by atoms with Gasteiger partial charge in [0.25, 0.3) is 0 Å². The Morgan fingerprint density at radius 3 is 2.52 bits per heavy atom. The Morgan fingerprint density at radius 2 is 1.79 bits per heavy atom. The number of piperazine rings is 1. The molecule has 2 aromatic carbocycles. The van der Waals surface area contributed by atoms with Gasteiger partial charge in [-0.05, 0) is 43.7 Å². The highest BCUT2D eigenvalue weighted by molar-refractivity contribution is 6.31. The Balaban J connectivity index is 1.54. The third kappa shape index (κ3) is 5.21. The summed E-state index contributed by atoms with van der Waals surface area (Å²) >= 11 is 6.08. The van der Waals surface area contributed by atoms with E-state index in [1.807, 2.05) is 38.1 Å². The lowest BCUT2D eigenvalue weighted by atomic mass is 10.2. The highest BCUT2D eigenvalue weighted by atomic mass is 35.5. The topological polar surface area (TPSA) is 61.9 Å². The van der Waals surface area contributed by atoms with Crippen molar-refractivity contribution in [2.75, 3.05) is 43.0 Å². The Morgan fingerprint density at radius 1 is 1.07 bits per heavy atom. The van der Waals surface area contributed by atoms with Crippen molar-refractivity contribution >= 4 is 34.8 Å². The summed E-state index contributed by atoms with van der Waals surface area (Å²) in [5, 5.41) is 3.36. The molecule has 1 aliphatic rings. The molecule has 0 aromatic heterocycles. The minimum absolute atomic E-state index is 0.167. The summed E-state index contributed by atoms with van der Waals surface area (Å²) in [6, 6.07) is 13.2. The van der Waals surface area contributed by atoms with Crippen LogP contribution in [-0.2, 0) is 9.59 Å². The van der Waals surface area contributed by atoms with Crippen LogP contribution >= 0.6 is 11.6 Å². The molecule has 7 heteroatoms. The quantitative estimate of drug-likeness (QED) is 0.730. The van der Waals surface area contributed by atoms with Gasteiger partial charge in [-0.15, -0.1) is 0 Å². The molecule has 0 atom stereocenters. The van der Waals surface area contributed by atoms with E-state index in [0.717, 1.165) is 17.0 Å². The number of carbonyl (C=O) groups excluding carboxylic acids is 2. The number of hydrogen-bond donors (Lipinski definition) is 1. The number of amides is 2. The molecule has 3 rings (SSSR count). The lowest BCUT2D eigenvalue weighted by Crippen LogP contribution is -2.49. The van der Waals surface area contributed by atoms with Crippen LogP contribution in [0, 0.1) is 6.92 Å². The number of hydrogen-bond acceptors (Lipinski definition) is 4. The standard InChI is InChI=1S/C22H26ClN3O3/c1-3-29-20-10-5-4-9-19(20)25-11-13-26(14-12-25)22(28)15-21(27)24-18-8-6-7-17(23)16(18)2/h4-10H,3,11-15H2,1-2H3,(H,24,27). The third-order valence-electron chi connectivity index (χ3n) is 4.99. The van der Waals surface area contributed by atoms with Crippen LogP contribution in [0.15, 0.2) is 42.5 Å². The number of nitrogens with zero attached hydrogens (tertiary/aromatic N) is 2. The molecule has 6 nitrogen and oxygen atoms in total. The number of rotatable bonds is 6. The Hall–Kier alpha value is -2.73. The molecule has 1 saturated heterocycles. The summed E-state index contributed by atoms with van der Waals surface area (Å²) < 4.78 is 5.71. The van der Waals surface area contributed by atoms with Crippen molar-refractivity contribution in [2.24, 2.45) is 0 Å². The predicted molar refractivity (Wildman–Crippen MR) is 116 cm³/mol. The Kier molecular flexibility index (Phi) is 6.99. The molecular formula is C22H26ClN3O3. The average Bonchev–Trinajstić information content (AvgIpc) is 2.72. The first-order chi connectivity index (χ1) is 14.0. The molecule has 154 valence electrons. The van der Waals surface area contributed by atoms with E-state index < -0.39 is 0 Å². The Labute approximate surface area is 176 Å². The largest absolute Gasteiger partial charge is 0.492 e. The van der Waals surface area contributed by atoms with E-state index in [-0.39, 0.29) is 18.2 Å². The first-order valence-electron chi connectivity index (χ1n) is 9.79. The van der Waals surface area contributed by atoms with Gasteiger partial charge >= 0.3 is 0 Å². The number of benzene rings is 2. The van der Waals surface area contributed by atoms with Gasteiger partial charge in [-0.2, -0.15) is 0 Å². The maximum Gasteiger partial charge on any atom is 0.233 e. The molecule has 1 aliphatic heterocycles. The minimum Gasteiger partial charge on any atom is -0.492 e. The van der Waals surface area contributed by atoms with Gasteiger partial charge in [-0.25, -0.2) is 0 Å². The number of nitrogens with one attached hydrogen (secondary N) is 1. The lowest BCUT2D eigenvalue weighted by molar-refractivity contribution is -0.134. The normalized spacial score (nSPS) is 13.9. The van der Waals surface area contributed by atoms with Crippen LogP contribution in [-0.4, -0.2) is 49.5 Å². The molecule has 1 heterocycles. The maximum atomic E-state index is 12.6. The second kappa shape index (κ2) is 9.65. The first kappa shape index (κ1) is 21.0. The SMILES string of the molecule is CCOc1ccccc1N1CCN(C(=O)CC(=O)Nc2cccc(Cl)c2C)CC1. The molecule has 0 aliphatic carbocycles. The van der Waals surface area contributed by atoms with Crippen LogP contribution < -0.4 is 15.0 Å². The van der Waals surface area contributed by atoms with E-state index in [2.05, 4.69) is 10.2 Å². The van der Waals surface area contributed by atoms with Crippen LogP contribution in [0.2, 0.25) is 5.02 Å². The van der Waals surface area contributed by atoms with Gasteiger partial charge in [-0.1, -0.05) is 29.8 Å². The van der Waals surface area contributed by atoms with Crippen molar-refractivity contribution in [1.82, 2.24) is 4.90 Å². The number of para-hydroxylation sites is 2. The van der Waals surface area contributed by atoms with Gasteiger partial charge in [-0.3, -0.25) is 9.59 Å². The molecule has 0 radical (unpaired) electrons. The van der Waals surface area contributed by atoms with Crippen molar-refractivity contribution in [3.8, 4) is 5.75 Å². The highest BCUT2D eigenvalue weighted by Gasteiger charge is 2.24. The van der Waals surface area contributed by atoms with Gasteiger partial charge in [0, 0.05) is 36.9 Å². The number of anilines is 2. The van der Waals surface area contributed by atoms with E-state index in [0.29, 0.717) is 43.5 Å². The van der Waals surface area contributed by atoms with E-state index in [9.17, 15) is 9.59 Å². The fourth-order valence-corrected chi connectivity index (χ4v) is 3.55.